The molecule has 0 saturated heterocycles. The highest BCUT2D eigenvalue weighted by Crippen LogP contribution is 2.14. The number of nitrogens with one attached hydrogen (secondary N) is 1. The summed E-state index contributed by atoms with van der Waals surface area (Å²) >= 11 is 0. The van der Waals surface area contributed by atoms with Crippen LogP contribution < -0.4 is 5.69 Å². The van der Waals surface area contributed by atoms with Crippen LogP contribution in [0.25, 0.3) is 11.0 Å². The van der Waals surface area contributed by atoms with Gasteiger partial charge in [-0.1, -0.05) is 19.6 Å². The van der Waals surface area contributed by atoms with Gasteiger partial charge < -0.3 is 4.98 Å². The Morgan fingerprint density at radius 2 is 2.18 bits per heavy atom. The van der Waals surface area contributed by atoms with Crippen LogP contribution in [0.1, 0.15) is 24.2 Å². The molecule has 2 aromatic rings. The van der Waals surface area contributed by atoms with E-state index < -0.39 is 5.69 Å². The number of carbonyl (C=O) groups is 1. The van der Waals surface area contributed by atoms with Crippen molar-refractivity contribution in [1.82, 2.24) is 9.55 Å². The highest BCUT2D eigenvalue weighted by molar-refractivity contribution is 5.99. The van der Waals surface area contributed by atoms with Crippen molar-refractivity contribution in [3.63, 3.8) is 0 Å². The fourth-order valence-corrected chi connectivity index (χ4v) is 1.76. The lowest BCUT2D eigenvalue weighted by Crippen LogP contribution is -2.24. The van der Waals surface area contributed by atoms with Gasteiger partial charge in [0.05, 0.1) is 11.0 Å². The number of hydrogen-bond donors (Lipinski definition) is 1. The summed E-state index contributed by atoms with van der Waals surface area (Å²) in [5.41, 5.74) is 2.29. The predicted octanol–water partition coefficient (Wildman–Crippen LogP) is 2.11. The molecule has 0 aliphatic rings. The molecule has 0 saturated carbocycles. The lowest BCUT2D eigenvalue weighted by atomic mass is 10.1. The minimum absolute atomic E-state index is 0.343. The van der Waals surface area contributed by atoms with E-state index in [1.807, 2.05) is 25.1 Å². The maximum atomic E-state index is 11.9. The number of nitrogens with zero attached hydrogens (tertiary/aromatic N) is 1. The quantitative estimate of drug-likeness (QED) is 0.803. The lowest BCUT2D eigenvalue weighted by molar-refractivity contribution is 0.0956. The third-order valence-electron chi connectivity index (χ3n) is 2.72. The highest BCUT2D eigenvalue weighted by atomic mass is 16.2. The fourth-order valence-electron chi connectivity index (χ4n) is 1.76. The molecule has 1 N–H and O–H groups in total. The summed E-state index contributed by atoms with van der Waals surface area (Å²) in [4.78, 5) is 26.3. The number of aromatic nitrogens is 2. The molecule has 0 amide bonds. The number of fused-ring (bicyclic) bond motifs is 1. The van der Waals surface area contributed by atoms with Crippen molar-refractivity contribution >= 4 is 16.9 Å². The Labute approximate surface area is 98.6 Å². The minimum Gasteiger partial charge on any atom is -0.305 e. The average Bonchev–Trinajstić information content (AvgIpc) is 2.62. The number of imidazole rings is 1. The van der Waals surface area contributed by atoms with Crippen LogP contribution in [0.4, 0.5) is 0 Å². The Hall–Kier alpha value is -2.10. The molecule has 0 bridgehead atoms. The molecule has 0 aliphatic carbocycles. The summed E-state index contributed by atoms with van der Waals surface area (Å²) in [6, 6.07) is 5.61. The first-order chi connectivity index (χ1) is 8.04. The SMILES string of the molecule is C=C(C)C(=O)n1c(=O)[nH]c2ccc(CC)cc21. The largest absolute Gasteiger partial charge is 0.333 e. The van der Waals surface area contributed by atoms with Gasteiger partial charge >= 0.3 is 5.69 Å². The average molecular weight is 230 g/mol. The van der Waals surface area contributed by atoms with Crippen molar-refractivity contribution in [2.75, 3.05) is 0 Å². The van der Waals surface area contributed by atoms with Crippen LogP contribution in [0, 0.1) is 0 Å². The number of hydrogen-bond acceptors (Lipinski definition) is 2. The van der Waals surface area contributed by atoms with Crippen molar-refractivity contribution in [3.8, 4) is 0 Å². The van der Waals surface area contributed by atoms with Gasteiger partial charge in [0, 0.05) is 5.57 Å². The second-order valence-electron chi connectivity index (χ2n) is 4.06. The van der Waals surface area contributed by atoms with Gasteiger partial charge in [-0.25, -0.2) is 9.36 Å². The molecular weight excluding hydrogens is 216 g/mol. The fraction of sp³-hybridized carbons (Fsp3) is 0.231. The molecule has 0 aliphatic heterocycles. The van der Waals surface area contributed by atoms with Crippen molar-refractivity contribution in [3.05, 3.63) is 46.4 Å². The van der Waals surface area contributed by atoms with Gasteiger partial charge in [-0.05, 0) is 31.0 Å². The zero-order valence-corrected chi connectivity index (χ0v) is 9.91. The predicted molar refractivity (Wildman–Crippen MR) is 67.4 cm³/mol. The van der Waals surface area contributed by atoms with E-state index in [4.69, 9.17) is 0 Å². The van der Waals surface area contributed by atoms with E-state index in [-0.39, 0.29) is 5.91 Å². The Morgan fingerprint density at radius 1 is 1.47 bits per heavy atom. The first-order valence-electron chi connectivity index (χ1n) is 5.48. The molecule has 2 rings (SSSR count). The molecule has 1 aromatic carbocycles. The molecule has 0 radical (unpaired) electrons. The van der Waals surface area contributed by atoms with Crippen molar-refractivity contribution < 1.29 is 4.79 Å². The summed E-state index contributed by atoms with van der Waals surface area (Å²) in [6.07, 6.45) is 0.858. The van der Waals surface area contributed by atoms with Crippen LogP contribution in [0.5, 0.6) is 0 Å². The van der Waals surface area contributed by atoms with Crippen molar-refractivity contribution in [1.29, 1.82) is 0 Å². The number of aryl methyl sites for hydroxylation is 1. The zero-order valence-electron chi connectivity index (χ0n) is 9.91. The van der Waals surface area contributed by atoms with Crippen molar-refractivity contribution in [2.24, 2.45) is 0 Å². The molecule has 0 unspecified atom stereocenters. The van der Waals surface area contributed by atoms with Crippen molar-refractivity contribution in [2.45, 2.75) is 20.3 Å². The normalized spacial score (nSPS) is 10.7. The summed E-state index contributed by atoms with van der Waals surface area (Å²) in [6.45, 7) is 7.20. The summed E-state index contributed by atoms with van der Waals surface area (Å²) in [5, 5.41) is 0. The van der Waals surface area contributed by atoms with Gasteiger partial charge in [0.1, 0.15) is 0 Å². The Kier molecular flexibility index (Phi) is 2.71. The molecule has 1 aromatic heterocycles. The van der Waals surface area contributed by atoms with Gasteiger partial charge in [0.2, 0.25) is 0 Å². The molecule has 0 spiro atoms. The van der Waals surface area contributed by atoms with Gasteiger partial charge in [-0.3, -0.25) is 4.79 Å². The smallest absolute Gasteiger partial charge is 0.305 e. The second-order valence-corrected chi connectivity index (χ2v) is 4.06. The van der Waals surface area contributed by atoms with Crippen LogP contribution >= 0.6 is 0 Å². The van der Waals surface area contributed by atoms with Gasteiger partial charge in [-0.2, -0.15) is 0 Å². The van der Waals surface area contributed by atoms with E-state index in [1.165, 1.54) is 0 Å². The molecule has 1 heterocycles. The molecular formula is C13H14N2O2. The zero-order chi connectivity index (χ0) is 12.6. The third-order valence-corrected chi connectivity index (χ3v) is 2.72. The maximum Gasteiger partial charge on any atom is 0.333 e. The minimum atomic E-state index is -0.416. The first kappa shape index (κ1) is 11.4. The molecule has 88 valence electrons. The topological polar surface area (TPSA) is 54.9 Å². The van der Waals surface area contributed by atoms with E-state index >= 15 is 0 Å². The van der Waals surface area contributed by atoms with E-state index in [9.17, 15) is 9.59 Å². The molecule has 0 fully saturated rings. The number of carbonyl (C=O) groups excluding carboxylic acids is 1. The monoisotopic (exact) mass is 230 g/mol. The number of rotatable bonds is 2. The molecule has 0 atom stereocenters. The van der Waals surface area contributed by atoms with E-state index in [0.29, 0.717) is 16.6 Å². The van der Waals surface area contributed by atoms with E-state index in [2.05, 4.69) is 11.6 Å². The van der Waals surface area contributed by atoms with Gasteiger partial charge in [-0.15, -0.1) is 0 Å². The van der Waals surface area contributed by atoms with Crippen LogP contribution in [-0.2, 0) is 6.42 Å². The molecule has 17 heavy (non-hydrogen) atoms. The summed E-state index contributed by atoms with van der Waals surface area (Å²) in [7, 11) is 0. The summed E-state index contributed by atoms with van der Waals surface area (Å²) in [5.74, 6) is -0.366. The third kappa shape index (κ3) is 1.82. The first-order valence-corrected chi connectivity index (χ1v) is 5.48. The maximum absolute atomic E-state index is 11.9. The van der Waals surface area contributed by atoms with E-state index in [1.54, 1.807) is 6.92 Å². The lowest BCUT2D eigenvalue weighted by Gasteiger charge is -2.02. The molecule has 4 nitrogen and oxygen atoms in total. The number of allylic oxidation sites excluding steroid dienone is 1. The Bertz CT molecular complexity index is 662. The number of H-pyrrole nitrogens is 1. The highest BCUT2D eigenvalue weighted by Gasteiger charge is 2.14. The van der Waals surface area contributed by atoms with Crippen LogP contribution in [-0.4, -0.2) is 15.5 Å². The summed E-state index contributed by atoms with van der Waals surface area (Å²) < 4.78 is 1.14. The van der Waals surface area contributed by atoms with Crippen LogP contribution in [0.3, 0.4) is 0 Å². The number of aromatic amines is 1. The van der Waals surface area contributed by atoms with E-state index in [0.717, 1.165) is 16.6 Å². The Morgan fingerprint density at radius 3 is 2.76 bits per heavy atom. The van der Waals surface area contributed by atoms with Crippen LogP contribution in [0.2, 0.25) is 0 Å². The van der Waals surface area contributed by atoms with Crippen LogP contribution in [0.15, 0.2) is 35.1 Å². The van der Waals surface area contributed by atoms with Gasteiger partial charge in [0.15, 0.2) is 0 Å². The Balaban J connectivity index is 2.77. The molecule has 4 heteroatoms. The van der Waals surface area contributed by atoms with Gasteiger partial charge in [0.25, 0.3) is 5.91 Å². The number of benzene rings is 1. The second kappa shape index (κ2) is 4.05. The standard InChI is InChI=1S/C13H14N2O2/c1-4-9-5-6-10-11(7-9)15(13(17)14-10)12(16)8(2)3/h5-7H,2,4H2,1,3H3,(H,14,17).